The van der Waals surface area contributed by atoms with Crippen molar-refractivity contribution in [3.63, 3.8) is 0 Å². The molecule has 0 aromatic heterocycles. The van der Waals surface area contributed by atoms with Crippen LogP contribution in [-0.2, 0) is 15.1 Å². The number of nitrogens with zero attached hydrogens (tertiary/aromatic N) is 1. The molecule has 1 heterocycles. The predicted octanol–water partition coefficient (Wildman–Crippen LogP) is 3.90. The molecule has 1 aliphatic heterocycles. The second-order valence-corrected chi connectivity index (χ2v) is 5.23. The summed E-state index contributed by atoms with van der Waals surface area (Å²) in [5.74, 6) is -0.499. The Hall–Kier alpha value is -2.59. The van der Waals surface area contributed by atoms with Crippen LogP contribution in [0.1, 0.15) is 5.56 Å². The van der Waals surface area contributed by atoms with E-state index in [4.69, 9.17) is 16.3 Å². The maximum atomic E-state index is 12.8. The van der Waals surface area contributed by atoms with Gasteiger partial charge in [-0.05, 0) is 30.3 Å². The average Bonchev–Trinajstić information content (AvgIpc) is 2.81. The Balaban J connectivity index is 2.07. The van der Waals surface area contributed by atoms with E-state index in [1.807, 2.05) is 6.07 Å². The van der Waals surface area contributed by atoms with Gasteiger partial charge in [0.25, 0.3) is 5.91 Å². The van der Waals surface area contributed by atoms with E-state index in [9.17, 15) is 9.59 Å². The molecule has 1 saturated heterocycles. The van der Waals surface area contributed by atoms with Crippen LogP contribution in [0.5, 0.6) is 0 Å². The number of imide groups is 1. The summed E-state index contributed by atoms with van der Waals surface area (Å²) < 4.78 is 5.38. The Bertz CT molecular complexity index is 742. The largest absolute Gasteiger partial charge is 0.423 e. The van der Waals surface area contributed by atoms with Crippen LogP contribution in [0.15, 0.2) is 67.3 Å². The van der Waals surface area contributed by atoms with Crippen LogP contribution in [0.2, 0.25) is 5.02 Å². The Morgan fingerprint density at radius 3 is 2.27 bits per heavy atom. The van der Waals surface area contributed by atoms with Gasteiger partial charge in [-0.15, -0.1) is 0 Å². The van der Waals surface area contributed by atoms with Crippen molar-refractivity contribution in [2.24, 2.45) is 0 Å². The zero-order valence-corrected chi connectivity index (χ0v) is 12.3. The van der Waals surface area contributed by atoms with Crippen molar-refractivity contribution >= 4 is 29.3 Å². The minimum Gasteiger partial charge on any atom is -0.423 e. The molecule has 110 valence electrons. The number of hydrogen-bond acceptors (Lipinski definition) is 3. The summed E-state index contributed by atoms with van der Waals surface area (Å²) in [5.41, 5.74) is -0.545. The number of carbonyl (C=O) groups is 2. The summed E-state index contributed by atoms with van der Waals surface area (Å²) in [7, 11) is 0. The van der Waals surface area contributed by atoms with Crippen LogP contribution in [0.3, 0.4) is 0 Å². The van der Waals surface area contributed by atoms with Gasteiger partial charge in [0.2, 0.25) is 5.60 Å². The van der Waals surface area contributed by atoms with E-state index in [1.54, 1.807) is 48.5 Å². The van der Waals surface area contributed by atoms with E-state index in [1.165, 1.54) is 6.08 Å². The van der Waals surface area contributed by atoms with Crippen LogP contribution < -0.4 is 4.90 Å². The number of ether oxygens (including phenoxy) is 1. The number of cyclic esters (lactones) is 1. The highest BCUT2D eigenvalue weighted by Gasteiger charge is 2.53. The lowest BCUT2D eigenvalue weighted by molar-refractivity contribution is -0.126. The van der Waals surface area contributed by atoms with Crippen LogP contribution in [-0.4, -0.2) is 12.0 Å². The van der Waals surface area contributed by atoms with Gasteiger partial charge in [-0.3, -0.25) is 4.79 Å². The molecule has 2 aromatic carbocycles. The molecule has 4 nitrogen and oxygen atoms in total. The number of benzene rings is 2. The fourth-order valence-electron chi connectivity index (χ4n) is 2.40. The normalized spacial score (nSPS) is 20.9. The highest BCUT2D eigenvalue weighted by Crippen LogP contribution is 2.38. The molecular formula is C17H12ClNO3. The molecule has 0 radical (unpaired) electrons. The molecule has 1 fully saturated rings. The number of halogens is 1. The Labute approximate surface area is 132 Å². The Kier molecular flexibility index (Phi) is 3.47. The Morgan fingerprint density at radius 1 is 1.05 bits per heavy atom. The number of carbonyl (C=O) groups excluding carboxylic acids is 2. The highest BCUT2D eigenvalue weighted by molar-refractivity contribution is 6.30. The third kappa shape index (κ3) is 2.09. The van der Waals surface area contributed by atoms with Gasteiger partial charge in [-0.1, -0.05) is 48.5 Å². The molecule has 0 aliphatic carbocycles. The van der Waals surface area contributed by atoms with E-state index in [-0.39, 0.29) is 0 Å². The van der Waals surface area contributed by atoms with Crippen LogP contribution in [0.4, 0.5) is 10.5 Å². The summed E-state index contributed by atoms with van der Waals surface area (Å²) >= 11 is 5.83. The molecule has 0 bridgehead atoms. The lowest BCUT2D eigenvalue weighted by atomic mass is 9.93. The summed E-state index contributed by atoms with van der Waals surface area (Å²) in [6, 6.07) is 15.2. The van der Waals surface area contributed by atoms with Crippen LogP contribution >= 0.6 is 11.6 Å². The van der Waals surface area contributed by atoms with E-state index in [0.29, 0.717) is 16.3 Å². The minimum absolute atomic E-state index is 0.402. The molecule has 1 aliphatic rings. The van der Waals surface area contributed by atoms with E-state index in [0.717, 1.165) is 4.90 Å². The molecular weight excluding hydrogens is 302 g/mol. The van der Waals surface area contributed by atoms with Crippen molar-refractivity contribution in [3.8, 4) is 0 Å². The van der Waals surface area contributed by atoms with E-state index in [2.05, 4.69) is 6.58 Å². The second kappa shape index (κ2) is 5.31. The van der Waals surface area contributed by atoms with Crippen LogP contribution in [0, 0.1) is 0 Å². The topological polar surface area (TPSA) is 46.6 Å². The first kappa shape index (κ1) is 14.4. The molecule has 5 heteroatoms. The van der Waals surface area contributed by atoms with Crippen molar-refractivity contribution in [2.45, 2.75) is 5.60 Å². The molecule has 1 unspecified atom stereocenters. The molecule has 0 N–H and O–H groups in total. The maximum Gasteiger partial charge on any atom is 0.423 e. The number of anilines is 1. The average molecular weight is 314 g/mol. The molecule has 1 atom stereocenters. The predicted molar refractivity (Wildman–Crippen MR) is 83.7 cm³/mol. The van der Waals surface area contributed by atoms with Crippen molar-refractivity contribution in [3.05, 3.63) is 77.8 Å². The molecule has 0 saturated carbocycles. The first-order valence-corrected chi connectivity index (χ1v) is 6.98. The fourth-order valence-corrected chi connectivity index (χ4v) is 2.53. The minimum atomic E-state index is -1.50. The standard InChI is InChI=1S/C17H12ClNO3/c1-2-17(12-6-4-3-5-7-12)15(20)19(16(21)22-17)14-10-8-13(18)9-11-14/h2-11H,1H2. The summed E-state index contributed by atoms with van der Waals surface area (Å²) in [6.07, 6.45) is 0.606. The summed E-state index contributed by atoms with van der Waals surface area (Å²) in [5, 5.41) is 0.516. The quantitative estimate of drug-likeness (QED) is 0.807. The number of rotatable bonds is 3. The van der Waals surface area contributed by atoms with Gasteiger partial charge in [0.15, 0.2) is 0 Å². The molecule has 0 spiro atoms. The van der Waals surface area contributed by atoms with Crippen molar-refractivity contribution in [2.75, 3.05) is 4.90 Å². The SMILES string of the molecule is C=CC1(c2ccccc2)OC(=O)N(c2ccc(Cl)cc2)C1=O. The molecule has 2 amide bonds. The van der Waals surface area contributed by atoms with Gasteiger partial charge in [-0.2, -0.15) is 0 Å². The lowest BCUT2D eigenvalue weighted by Gasteiger charge is -2.21. The van der Waals surface area contributed by atoms with Gasteiger partial charge in [0, 0.05) is 10.6 Å². The van der Waals surface area contributed by atoms with E-state index < -0.39 is 17.6 Å². The van der Waals surface area contributed by atoms with Crippen molar-refractivity contribution < 1.29 is 14.3 Å². The maximum absolute atomic E-state index is 12.8. The van der Waals surface area contributed by atoms with Gasteiger partial charge in [0.05, 0.1) is 5.69 Å². The van der Waals surface area contributed by atoms with Gasteiger partial charge >= 0.3 is 6.09 Å². The first-order chi connectivity index (χ1) is 10.6. The summed E-state index contributed by atoms with van der Waals surface area (Å²) in [4.78, 5) is 26.0. The zero-order chi connectivity index (χ0) is 15.7. The zero-order valence-electron chi connectivity index (χ0n) is 11.5. The second-order valence-electron chi connectivity index (χ2n) is 4.79. The van der Waals surface area contributed by atoms with Crippen LogP contribution in [0.25, 0.3) is 0 Å². The molecule has 3 rings (SSSR count). The third-order valence-electron chi connectivity index (χ3n) is 3.53. The van der Waals surface area contributed by atoms with Crippen molar-refractivity contribution in [1.29, 1.82) is 0 Å². The van der Waals surface area contributed by atoms with Crippen molar-refractivity contribution in [1.82, 2.24) is 0 Å². The smallest absolute Gasteiger partial charge is 0.423 e. The van der Waals surface area contributed by atoms with Gasteiger partial charge in [0.1, 0.15) is 0 Å². The highest BCUT2D eigenvalue weighted by atomic mass is 35.5. The third-order valence-corrected chi connectivity index (χ3v) is 3.78. The fraction of sp³-hybridized carbons (Fsp3) is 0.0588. The van der Waals surface area contributed by atoms with Gasteiger partial charge in [-0.25, -0.2) is 9.69 Å². The monoisotopic (exact) mass is 313 g/mol. The van der Waals surface area contributed by atoms with Gasteiger partial charge < -0.3 is 4.74 Å². The molecule has 22 heavy (non-hydrogen) atoms. The number of hydrogen-bond donors (Lipinski definition) is 0. The first-order valence-electron chi connectivity index (χ1n) is 6.61. The summed E-state index contributed by atoms with van der Waals surface area (Å²) in [6.45, 7) is 3.67. The Morgan fingerprint density at radius 2 is 1.68 bits per heavy atom. The number of amides is 2. The lowest BCUT2D eigenvalue weighted by Crippen LogP contribution is -2.37. The van der Waals surface area contributed by atoms with E-state index >= 15 is 0 Å². The molecule has 2 aromatic rings.